The lowest BCUT2D eigenvalue weighted by Crippen LogP contribution is -2.49. The topological polar surface area (TPSA) is 63.4 Å². The summed E-state index contributed by atoms with van der Waals surface area (Å²) >= 11 is 5.62. The smallest absolute Gasteiger partial charge is 0.218 e. The fourth-order valence-corrected chi connectivity index (χ4v) is 5.41. The van der Waals surface area contributed by atoms with E-state index in [2.05, 4.69) is 10.00 Å². The average molecular weight is 444 g/mol. The van der Waals surface area contributed by atoms with Gasteiger partial charge in [-0.1, -0.05) is 48.5 Å². The van der Waals surface area contributed by atoms with Crippen LogP contribution in [0.5, 0.6) is 0 Å². The largest absolute Gasteiger partial charge is 0.282 e. The third-order valence-corrected chi connectivity index (χ3v) is 7.62. The van der Waals surface area contributed by atoms with Gasteiger partial charge in [0.05, 0.1) is 18.1 Å². The van der Waals surface area contributed by atoms with Crippen LogP contribution < -0.4 is 0 Å². The molecule has 3 aromatic rings. The maximum atomic E-state index is 12.7. The van der Waals surface area contributed by atoms with Crippen LogP contribution in [0.4, 0.5) is 0 Å². The zero-order valence-corrected chi connectivity index (χ0v) is 18.5. The number of benzene rings is 2. The molecule has 30 heavy (non-hydrogen) atoms. The Morgan fingerprint density at radius 1 is 0.967 bits per heavy atom. The van der Waals surface area contributed by atoms with Crippen LogP contribution in [0.3, 0.4) is 0 Å². The van der Waals surface area contributed by atoms with Crippen LogP contribution in [-0.2, 0) is 22.4 Å². The van der Waals surface area contributed by atoms with Crippen molar-refractivity contribution < 1.29 is 8.42 Å². The molecule has 1 aromatic heterocycles. The molecule has 0 bridgehead atoms. The van der Waals surface area contributed by atoms with Crippen molar-refractivity contribution in [2.45, 2.75) is 19.3 Å². The van der Waals surface area contributed by atoms with Crippen LogP contribution in [0.1, 0.15) is 11.1 Å². The highest BCUT2D eigenvalue weighted by Crippen LogP contribution is 2.16. The van der Waals surface area contributed by atoms with Gasteiger partial charge in [0.2, 0.25) is 14.8 Å². The van der Waals surface area contributed by atoms with Crippen LogP contribution in [0.2, 0.25) is 0 Å². The van der Waals surface area contributed by atoms with Gasteiger partial charge in [-0.25, -0.2) is 13.1 Å². The molecule has 1 fully saturated rings. The molecule has 0 atom stereocenters. The standard InChI is InChI=1S/C21H25N5O2S2/c1-18-7-5-6-10-20(18)25-16-22-26(21(25)29)17-23-11-13-24(14-12-23)30(27,28)15-19-8-3-2-4-9-19/h2-10,16H,11-15,17H2,1H3. The van der Waals surface area contributed by atoms with Gasteiger partial charge >= 0.3 is 0 Å². The molecule has 0 amide bonds. The minimum absolute atomic E-state index is 0.0414. The Kier molecular flexibility index (Phi) is 6.14. The number of para-hydroxylation sites is 1. The van der Waals surface area contributed by atoms with E-state index < -0.39 is 10.0 Å². The molecular weight excluding hydrogens is 418 g/mol. The van der Waals surface area contributed by atoms with Crippen LogP contribution in [-0.4, -0.2) is 58.1 Å². The van der Waals surface area contributed by atoms with Crippen molar-refractivity contribution in [1.29, 1.82) is 0 Å². The van der Waals surface area contributed by atoms with Gasteiger partial charge in [0.15, 0.2) is 0 Å². The monoisotopic (exact) mass is 443 g/mol. The van der Waals surface area contributed by atoms with E-state index in [1.807, 2.05) is 66.1 Å². The number of hydrogen-bond acceptors (Lipinski definition) is 5. The van der Waals surface area contributed by atoms with Crippen LogP contribution in [0, 0.1) is 11.7 Å². The van der Waals surface area contributed by atoms with E-state index in [1.54, 1.807) is 15.3 Å². The van der Waals surface area contributed by atoms with Gasteiger partial charge in [-0.2, -0.15) is 9.40 Å². The normalized spacial score (nSPS) is 16.0. The molecule has 7 nitrogen and oxygen atoms in total. The number of nitrogens with zero attached hydrogens (tertiary/aromatic N) is 5. The molecular formula is C21H25N5O2S2. The number of aryl methyl sites for hydroxylation is 1. The molecule has 158 valence electrons. The van der Waals surface area contributed by atoms with Gasteiger partial charge in [-0.05, 0) is 36.3 Å². The molecule has 1 saturated heterocycles. The van der Waals surface area contributed by atoms with Gasteiger partial charge < -0.3 is 0 Å². The van der Waals surface area contributed by atoms with E-state index in [4.69, 9.17) is 12.2 Å². The fourth-order valence-electron chi connectivity index (χ4n) is 3.65. The summed E-state index contributed by atoms with van der Waals surface area (Å²) in [5.74, 6) is 0.0414. The lowest BCUT2D eigenvalue weighted by atomic mass is 10.2. The van der Waals surface area contributed by atoms with Crippen LogP contribution >= 0.6 is 12.2 Å². The summed E-state index contributed by atoms with van der Waals surface area (Å²) < 4.78 is 31.4. The van der Waals surface area contributed by atoms with Crippen molar-refractivity contribution in [2.75, 3.05) is 26.2 Å². The highest BCUT2D eigenvalue weighted by Gasteiger charge is 2.27. The molecule has 0 aliphatic carbocycles. The van der Waals surface area contributed by atoms with E-state index >= 15 is 0 Å². The second-order valence-corrected chi connectivity index (χ2v) is 9.80. The summed E-state index contributed by atoms with van der Waals surface area (Å²) in [5, 5.41) is 4.45. The second-order valence-electron chi connectivity index (χ2n) is 7.47. The number of rotatable bonds is 6. The Balaban J connectivity index is 1.39. The predicted octanol–water partition coefficient (Wildman–Crippen LogP) is 2.82. The molecule has 9 heteroatoms. The molecule has 2 aromatic carbocycles. The number of hydrogen-bond donors (Lipinski definition) is 0. The summed E-state index contributed by atoms with van der Waals surface area (Å²) in [4.78, 5) is 2.18. The number of piperazine rings is 1. The third-order valence-electron chi connectivity index (χ3n) is 5.36. The molecule has 4 rings (SSSR count). The molecule has 1 aliphatic rings. The van der Waals surface area contributed by atoms with Gasteiger partial charge in [-0.3, -0.25) is 9.47 Å². The zero-order valence-electron chi connectivity index (χ0n) is 16.9. The van der Waals surface area contributed by atoms with Crippen LogP contribution in [0.25, 0.3) is 5.69 Å². The van der Waals surface area contributed by atoms with Crippen molar-refractivity contribution in [1.82, 2.24) is 23.6 Å². The second kappa shape index (κ2) is 8.81. The van der Waals surface area contributed by atoms with Crippen molar-refractivity contribution in [3.8, 4) is 5.69 Å². The lowest BCUT2D eigenvalue weighted by molar-refractivity contribution is 0.144. The summed E-state index contributed by atoms with van der Waals surface area (Å²) in [7, 11) is -3.32. The Morgan fingerprint density at radius 3 is 2.33 bits per heavy atom. The maximum absolute atomic E-state index is 12.7. The summed E-state index contributed by atoms with van der Waals surface area (Å²) in [6.07, 6.45) is 1.74. The summed E-state index contributed by atoms with van der Waals surface area (Å²) in [6.45, 7) is 4.83. The molecule has 0 radical (unpaired) electrons. The minimum Gasteiger partial charge on any atom is -0.282 e. The minimum atomic E-state index is -3.32. The van der Waals surface area contributed by atoms with E-state index in [9.17, 15) is 8.42 Å². The van der Waals surface area contributed by atoms with Gasteiger partial charge in [-0.15, -0.1) is 0 Å². The van der Waals surface area contributed by atoms with Crippen molar-refractivity contribution in [3.63, 3.8) is 0 Å². The van der Waals surface area contributed by atoms with E-state index in [0.717, 1.165) is 16.8 Å². The lowest BCUT2D eigenvalue weighted by Gasteiger charge is -2.33. The van der Waals surface area contributed by atoms with Gasteiger partial charge in [0, 0.05) is 26.2 Å². The molecule has 0 unspecified atom stereocenters. The molecule has 0 saturated carbocycles. The number of aromatic nitrogens is 3. The zero-order chi connectivity index (χ0) is 21.1. The summed E-state index contributed by atoms with van der Waals surface area (Å²) in [5.41, 5.74) is 2.96. The molecule has 1 aliphatic heterocycles. The first-order valence-corrected chi connectivity index (χ1v) is 11.9. The first-order chi connectivity index (χ1) is 14.4. The highest BCUT2D eigenvalue weighted by molar-refractivity contribution is 7.88. The SMILES string of the molecule is Cc1ccccc1-n1cnn(CN2CCN(S(=O)(=O)Cc3ccccc3)CC2)c1=S. The van der Waals surface area contributed by atoms with E-state index in [-0.39, 0.29) is 5.75 Å². The molecule has 0 N–H and O–H groups in total. The maximum Gasteiger partial charge on any atom is 0.218 e. The van der Waals surface area contributed by atoms with Crippen molar-refractivity contribution in [2.24, 2.45) is 0 Å². The number of sulfonamides is 1. The average Bonchev–Trinajstić information content (AvgIpc) is 3.09. The van der Waals surface area contributed by atoms with E-state index in [0.29, 0.717) is 37.6 Å². The van der Waals surface area contributed by atoms with Crippen molar-refractivity contribution in [3.05, 3.63) is 76.8 Å². The molecule has 0 spiro atoms. The van der Waals surface area contributed by atoms with Gasteiger partial charge in [0.25, 0.3) is 0 Å². The Bertz CT molecular complexity index is 1160. The Morgan fingerprint density at radius 2 is 1.63 bits per heavy atom. The first-order valence-electron chi connectivity index (χ1n) is 9.88. The highest BCUT2D eigenvalue weighted by atomic mass is 32.2. The first kappa shape index (κ1) is 20.9. The Labute approximate surface area is 182 Å². The predicted molar refractivity (Wildman–Crippen MR) is 119 cm³/mol. The van der Waals surface area contributed by atoms with E-state index in [1.165, 1.54) is 0 Å². The molecule has 2 heterocycles. The fraction of sp³-hybridized carbons (Fsp3) is 0.333. The van der Waals surface area contributed by atoms with Gasteiger partial charge in [0.1, 0.15) is 6.33 Å². The Hall–Kier alpha value is -2.33. The summed E-state index contributed by atoms with van der Waals surface area (Å²) in [6, 6.07) is 17.4. The third kappa shape index (κ3) is 4.54. The van der Waals surface area contributed by atoms with Crippen LogP contribution in [0.15, 0.2) is 60.9 Å². The quantitative estimate of drug-likeness (QED) is 0.548. The van der Waals surface area contributed by atoms with Crippen molar-refractivity contribution >= 4 is 22.2 Å².